The summed E-state index contributed by atoms with van der Waals surface area (Å²) in [6.07, 6.45) is 6.41. The van der Waals surface area contributed by atoms with E-state index in [0.29, 0.717) is 22.0 Å². The number of aromatic nitrogens is 2. The highest BCUT2D eigenvalue weighted by molar-refractivity contribution is 7.89. The van der Waals surface area contributed by atoms with Crippen molar-refractivity contribution in [3.63, 3.8) is 0 Å². The average Bonchev–Trinajstić information content (AvgIpc) is 3.16. The highest BCUT2D eigenvalue weighted by Gasteiger charge is 2.27. The summed E-state index contributed by atoms with van der Waals surface area (Å²) in [5.74, 6) is 0. The van der Waals surface area contributed by atoms with E-state index in [9.17, 15) is 22.5 Å². The Labute approximate surface area is 196 Å². The molecule has 1 fully saturated rings. The summed E-state index contributed by atoms with van der Waals surface area (Å²) in [6, 6.07) is 9.30. The van der Waals surface area contributed by atoms with Crippen molar-refractivity contribution in [2.75, 3.05) is 13.3 Å². The lowest BCUT2D eigenvalue weighted by atomic mass is 9.95. The Morgan fingerprint density at radius 1 is 1.18 bits per heavy atom. The van der Waals surface area contributed by atoms with Gasteiger partial charge in [-0.15, -0.1) is 0 Å². The van der Waals surface area contributed by atoms with Gasteiger partial charge in [-0.1, -0.05) is 30.9 Å². The summed E-state index contributed by atoms with van der Waals surface area (Å²) in [5.41, 5.74) is 2.36. The maximum absolute atomic E-state index is 12.8. The van der Waals surface area contributed by atoms with Crippen LogP contribution in [0.1, 0.15) is 43.7 Å². The zero-order valence-corrected chi connectivity index (χ0v) is 19.3. The summed E-state index contributed by atoms with van der Waals surface area (Å²) in [5, 5.41) is 11.2. The molecule has 1 aliphatic rings. The number of fused-ring (bicyclic) bond motifs is 1. The van der Waals surface area contributed by atoms with Gasteiger partial charge in [0.05, 0.1) is 28.5 Å². The lowest BCUT2D eigenvalue weighted by molar-refractivity contribution is 0.334. The van der Waals surface area contributed by atoms with Crippen molar-refractivity contribution in [1.29, 1.82) is 5.26 Å². The third-order valence-corrected chi connectivity index (χ3v) is 7.74. The van der Waals surface area contributed by atoms with Crippen LogP contribution >= 0.6 is 11.6 Å². The minimum atomic E-state index is -4.14. The molecule has 10 heteroatoms. The van der Waals surface area contributed by atoms with E-state index in [1.54, 1.807) is 12.1 Å². The molecule has 1 N–H and O–H groups in total. The highest BCUT2D eigenvalue weighted by Crippen LogP contribution is 2.40. The van der Waals surface area contributed by atoms with Crippen LogP contribution in [0.15, 0.2) is 41.4 Å². The molecule has 174 valence electrons. The maximum Gasteiger partial charge on any atom is 0.242 e. The van der Waals surface area contributed by atoms with Crippen LogP contribution in [0.3, 0.4) is 0 Å². The molecule has 6 nitrogen and oxygen atoms in total. The molecule has 0 unspecified atom stereocenters. The van der Waals surface area contributed by atoms with E-state index in [-0.39, 0.29) is 10.9 Å². The molecule has 0 spiro atoms. The van der Waals surface area contributed by atoms with Crippen molar-refractivity contribution in [1.82, 2.24) is 14.3 Å². The lowest BCUT2D eigenvalue weighted by Gasteiger charge is -2.26. The Morgan fingerprint density at radius 2 is 1.91 bits per heavy atom. The number of benzene rings is 1. The van der Waals surface area contributed by atoms with Gasteiger partial charge in [0.1, 0.15) is 24.3 Å². The zero-order chi connectivity index (χ0) is 23.6. The third-order valence-electron chi connectivity index (χ3n) is 6.00. The fourth-order valence-corrected chi connectivity index (χ4v) is 5.75. The van der Waals surface area contributed by atoms with Gasteiger partial charge in [0.2, 0.25) is 10.0 Å². The van der Waals surface area contributed by atoms with Crippen LogP contribution in [0.5, 0.6) is 0 Å². The number of nitrogens with one attached hydrogen (secondary N) is 1. The Balaban J connectivity index is 1.83. The first-order chi connectivity index (χ1) is 15.9. The molecule has 33 heavy (non-hydrogen) atoms. The van der Waals surface area contributed by atoms with Crippen molar-refractivity contribution in [2.45, 2.75) is 49.1 Å². The smallest absolute Gasteiger partial charge is 0.242 e. The second-order valence-electron chi connectivity index (χ2n) is 8.16. The van der Waals surface area contributed by atoms with Gasteiger partial charge in [-0.2, -0.15) is 5.26 Å². The molecule has 2 heterocycles. The van der Waals surface area contributed by atoms with Crippen molar-refractivity contribution >= 4 is 32.5 Å². The summed E-state index contributed by atoms with van der Waals surface area (Å²) >= 11 is 6.22. The molecule has 1 aliphatic carbocycles. The van der Waals surface area contributed by atoms with Crippen LogP contribution in [0, 0.1) is 11.3 Å². The number of halogens is 3. The van der Waals surface area contributed by atoms with Crippen molar-refractivity contribution in [3.05, 3.63) is 47.1 Å². The molecule has 0 bridgehead atoms. The lowest BCUT2D eigenvalue weighted by Crippen LogP contribution is -2.37. The predicted molar refractivity (Wildman–Crippen MR) is 123 cm³/mol. The van der Waals surface area contributed by atoms with Gasteiger partial charge in [0.25, 0.3) is 0 Å². The van der Waals surface area contributed by atoms with E-state index in [1.807, 2.05) is 10.8 Å². The summed E-state index contributed by atoms with van der Waals surface area (Å²) in [7, 11) is -4.14. The monoisotopic (exact) mass is 492 g/mol. The standard InChI is InChI=1S/C23H23ClF2N4O2S/c24-15-6-9-22-19(10-15)20(13-27)23(30(22)17-4-2-1-3-5-17)21-8-7-18(14-28-21)33(31,32)29-16(11-25)12-26/h6-10,14,16-17,29H,1-5,11-12H2. The fraction of sp³-hybridized carbons (Fsp3) is 0.391. The van der Waals surface area contributed by atoms with Gasteiger partial charge in [0, 0.05) is 22.6 Å². The summed E-state index contributed by atoms with van der Waals surface area (Å²) in [6.45, 7) is -2.31. The number of alkyl halides is 2. The summed E-state index contributed by atoms with van der Waals surface area (Å²) < 4.78 is 54.6. The Kier molecular flexibility index (Phi) is 6.98. The molecular formula is C23H23ClF2N4O2S. The molecular weight excluding hydrogens is 470 g/mol. The van der Waals surface area contributed by atoms with E-state index < -0.39 is 29.4 Å². The molecule has 0 saturated heterocycles. The van der Waals surface area contributed by atoms with Crippen LogP contribution in [-0.2, 0) is 10.0 Å². The van der Waals surface area contributed by atoms with Gasteiger partial charge in [-0.05, 0) is 43.2 Å². The van der Waals surface area contributed by atoms with Crippen LogP contribution in [0.2, 0.25) is 5.02 Å². The SMILES string of the molecule is N#Cc1c(-c2ccc(S(=O)(=O)NC(CF)CF)cn2)n(C2CCCCC2)c2ccc(Cl)cc12. The largest absolute Gasteiger partial charge is 0.335 e. The number of nitrogens with zero attached hydrogens (tertiary/aromatic N) is 3. The molecule has 0 radical (unpaired) electrons. The first-order valence-electron chi connectivity index (χ1n) is 10.7. The average molecular weight is 493 g/mol. The quantitative estimate of drug-likeness (QED) is 0.483. The molecule has 0 amide bonds. The van der Waals surface area contributed by atoms with Crippen LogP contribution in [-0.4, -0.2) is 37.4 Å². The Hall–Kier alpha value is -2.54. The topological polar surface area (TPSA) is 87.8 Å². The van der Waals surface area contributed by atoms with E-state index in [0.717, 1.165) is 42.8 Å². The fourth-order valence-electron chi connectivity index (χ4n) is 4.44. The van der Waals surface area contributed by atoms with Crippen molar-refractivity contribution in [3.8, 4) is 17.5 Å². The number of rotatable bonds is 7. The number of nitriles is 1. The molecule has 4 rings (SSSR count). The van der Waals surface area contributed by atoms with Crippen LogP contribution in [0.25, 0.3) is 22.3 Å². The number of sulfonamides is 1. The molecule has 0 atom stereocenters. The summed E-state index contributed by atoms with van der Waals surface area (Å²) in [4.78, 5) is 4.14. The second kappa shape index (κ2) is 9.75. The predicted octanol–water partition coefficient (Wildman–Crippen LogP) is 5.32. The van der Waals surface area contributed by atoms with Gasteiger partial charge >= 0.3 is 0 Å². The second-order valence-corrected chi connectivity index (χ2v) is 10.3. The van der Waals surface area contributed by atoms with Crippen molar-refractivity contribution < 1.29 is 17.2 Å². The number of pyridine rings is 1. The molecule has 3 aromatic rings. The van der Waals surface area contributed by atoms with Gasteiger partial charge in [0.15, 0.2) is 0 Å². The van der Waals surface area contributed by atoms with Gasteiger partial charge in [-0.25, -0.2) is 21.9 Å². The molecule has 0 aliphatic heterocycles. The van der Waals surface area contributed by atoms with Crippen molar-refractivity contribution in [2.24, 2.45) is 0 Å². The van der Waals surface area contributed by atoms with Gasteiger partial charge in [-0.3, -0.25) is 4.98 Å². The van der Waals surface area contributed by atoms with Crippen LogP contribution in [0.4, 0.5) is 8.78 Å². The third kappa shape index (κ3) is 4.60. The van der Waals surface area contributed by atoms with Gasteiger partial charge < -0.3 is 4.57 Å². The Bertz CT molecular complexity index is 1290. The highest BCUT2D eigenvalue weighted by atomic mass is 35.5. The minimum absolute atomic E-state index is 0.182. The van der Waals surface area contributed by atoms with E-state index in [1.165, 1.54) is 18.6 Å². The zero-order valence-electron chi connectivity index (χ0n) is 17.8. The molecule has 1 saturated carbocycles. The number of hydrogen-bond acceptors (Lipinski definition) is 4. The van der Waals surface area contributed by atoms with E-state index >= 15 is 0 Å². The minimum Gasteiger partial charge on any atom is -0.335 e. The van der Waals surface area contributed by atoms with Crippen LogP contribution < -0.4 is 4.72 Å². The normalized spacial score (nSPS) is 15.2. The molecule has 2 aromatic heterocycles. The first-order valence-corrected chi connectivity index (χ1v) is 12.6. The Morgan fingerprint density at radius 3 is 2.52 bits per heavy atom. The number of hydrogen-bond donors (Lipinski definition) is 1. The molecule has 1 aromatic carbocycles. The maximum atomic E-state index is 12.8. The van der Waals surface area contributed by atoms with E-state index in [2.05, 4.69) is 15.6 Å². The first kappa shape index (κ1) is 23.6. The van der Waals surface area contributed by atoms with E-state index in [4.69, 9.17) is 11.6 Å².